The van der Waals surface area contributed by atoms with Crippen molar-refractivity contribution in [2.45, 2.75) is 19.8 Å². The minimum Gasteiger partial charge on any atom is -0.360 e. The van der Waals surface area contributed by atoms with E-state index in [2.05, 4.69) is 4.74 Å². The van der Waals surface area contributed by atoms with Gasteiger partial charge in [-0.2, -0.15) is 5.26 Å². The smallest absolute Gasteiger partial charge is 0.273 e. The Morgan fingerprint density at radius 1 is 1.55 bits per heavy atom. The second-order valence-electron chi connectivity index (χ2n) is 2.57. The zero-order valence-electron chi connectivity index (χ0n) is 6.60. The van der Waals surface area contributed by atoms with Crippen LogP contribution in [0.4, 0.5) is 8.78 Å². The van der Waals surface area contributed by atoms with E-state index in [9.17, 15) is 8.78 Å². The molecule has 0 atom stereocenters. The highest BCUT2D eigenvalue weighted by atomic mass is 19.3. The third-order valence-electron chi connectivity index (χ3n) is 1.31. The Labute approximate surface area is 64.8 Å². The van der Waals surface area contributed by atoms with Crippen molar-refractivity contribution >= 4 is 0 Å². The van der Waals surface area contributed by atoms with Crippen LogP contribution in [0, 0.1) is 17.2 Å². The molecule has 0 aromatic carbocycles. The van der Waals surface area contributed by atoms with Gasteiger partial charge in [0.05, 0.1) is 6.07 Å². The number of alkyl halides is 2. The average Bonchev–Trinajstić information content (AvgIpc) is 1.88. The lowest BCUT2D eigenvalue weighted by Gasteiger charge is -2.18. The van der Waals surface area contributed by atoms with Crippen LogP contribution < -0.4 is 0 Å². The first-order valence-electron chi connectivity index (χ1n) is 3.33. The number of nitrogens with zero attached hydrogens (tertiary/aromatic N) is 1. The highest BCUT2D eigenvalue weighted by molar-refractivity contribution is 4.72. The fourth-order valence-electron chi connectivity index (χ4n) is 0.399. The third-order valence-corrected chi connectivity index (χ3v) is 1.31. The normalized spacial score (nSPS) is 11.6. The molecule has 0 aromatic rings. The summed E-state index contributed by atoms with van der Waals surface area (Å²) in [5.41, 5.74) is 0. The van der Waals surface area contributed by atoms with E-state index in [1.807, 2.05) is 0 Å². The lowest BCUT2D eigenvalue weighted by Crippen LogP contribution is -2.30. The summed E-state index contributed by atoms with van der Waals surface area (Å²) in [7, 11) is 0. The number of halogens is 2. The minimum absolute atomic E-state index is 0.275. The molecule has 4 heteroatoms. The SMILES string of the molecule is CC(C)C(F)(F)COCC#N. The maximum Gasteiger partial charge on any atom is 0.273 e. The number of nitriles is 1. The summed E-state index contributed by atoms with van der Waals surface area (Å²) in [6.07, 6.45) is 0. The highest BCUT2D eigenvalue weighted by Crippen LogP contribution is 2.23. The van der Waals surface area contributed by atoms with Crippen molar-refractivity contribution in [2.24, 2.45) is 5.92 Å². The fraction of sp³-hybridized carbons (Fsp3) is 0.857. The van der Waals surface area contributed by atoms with Gasteiger partial charge in [0.25, 0.3) is 5.92 Å². The summed E-state index contributed by atoms with van der Waals surface area (Å²) in [5.74, 6) is -3.57. The van der Waals surface area contributed by atoms with Crippen molar-refractivity contribution in [3.8, 4) is 6.07 Å². The molecule has 2 nitrogen and oxygen atoms in total. The number of hydrogen-bond acceptors (Lipinski definition) is 2. The van der Waals surface area contributed by atoms with Crippen LogP contribution in [0.5, 0.6) is 0 Å². The van der Waals surface area contributed by atoms with Crippen LogP contribution in [0.1, 0.15) is 13.8 Å². The maximum atomic E-state index is 12.6. The van der Waals surface area contributed by atoms with E-state index in [0.717, 1.165) is 0 Å². The van der Waals surface area contributed by atoms with Crippen molar-refractivity contribution in [1.29, 1.82) is 5.26 Å². The molecule has 0 aromatic heterocycles. The summed E-state index contributed by atoms with van der Waals surface area (Å²) in [4.78, 5) is 0. The molecular weight excluding hydrogens is 152 g/mol. The molecule has 0 heterocycles. The predicted molar refractivity (Wildman–Crippen MR) is 36.2 cm³/mol. The summed E-state index contributed by atoms with van der Waals surface area (Å²) in [5, 5.41) is 7.98. The van der Waals surface area contributed by atoms with Gasteiger partial charge in [-0.15, -0.1) is 0 Å². The Hall–Kier alpha value is -0.690. The molecule has 0 rings (SSSR count). The van der Waals surface area contributed by atoms with Crippen LogP contribution in [-0.2, 0) is 4.74 Å². The second-order valence-corrected chi connectivity index (χ2v) is 2.57. The van der Waals surface area contributed by atoms with Crippen molar-refractivity contribution in [1.82, 2.24) is 0 Å². The van der Waals surface area contributed by atoms with Gasteiger partial charge in [-0.05, 0) is 0 Å². The minimum atomic E-state index is -2.82. The van der Waals surface area contributed by atoms with Crippen LogP contribution in [0.2, 0.25) is 0 Å². The molecular formula is C7H11F2NO. The lowest BCUT2D eigenvalue weighted by molar-refractivity contribution is -0.103. The summed E-state index contributed by atoms with van der Waals surface area (Å²) in [6.45, 7) is 1.88. The standard InChI is InChI=1S/C7H11F2NO/c1-6(2)7(8,9)5-11-4-3-10/h6H,4-5H2,1-2H3. The van der Waals surface area contributed by atoms with Gasteiger partial charge >= 0.3 is 0 Å². The van der Waals surface area contributed by atoms with Gasteiger partial charge < -0.3 is 4.74 Å². The Kier molecular flexibility index (Phi) is 3.98. The van der Waals surface area contributed by atoms with Gasteiger partial charge in [0.2, 0.25) is 0 Å². The average molecular weight is 163 g/mol. The maximum absolute atomic E-state index is 12.6. The molecule has 0 saturated carbocycles. The van der Waals surface area contributed by atoms with Gasteiger partial charge in [-0.1, -0.05) is 13.8 Å². The lowest BCUT2D eigenvalue weighted by atomic mass is 10.1. The van der Waals surface area contributed by atoms with Crippen LogP contribution >= 0.6 is 0 Å². The number of hydrogen-bond donors (Lipinski definition) is 0. The van der Waals surface area contributed by atoms with E-state index in [1.165, 1.54) is 13.8 Å². The number of rotatable bonds is 4. The molecule has 0 N–H and O–H groups in total. The molecule has 0 aliphatic heterocycles. The van der Waals surface area contributed by atoms with E-state index in [4.69, 9.17) is 5.26 Å². The molecule has 0 amide bonds. The van der Waals surface area contributed by atoms with Gasteiger partial charge in [0.1, 0.15) is 13.2 Å². The summed E-state index contributed by atoms with van der Waals surface area (Å²) in [6, 6.07) is 1.62. The summed E-state index contributed by atoms with van der Waals surface area (Å²) >= 11 is 0. The first-order chi connectivity index (χ1) is 5.00. The van der Waals surface area contributed by atoms with Gasteiger partial charge in [-0.25, -0.2) is 8.78 Å². The van der Waals surface area contributed by atoms with Gasteiger partial charge in [-0.3, -0.25) is 0 Å². The molecule has 0 radical (unpaired) electrons. The molecule has 0 aliphatic carbocycles. The largest absolute Gasteiger partial charge is 0.360 e. The quantitative estimate of drug-likeness (QED) is 0.592. The molecule has 64 valence electrons. The first kappa shape index (κ1) is 10.3. The van der Waals surface area contributed by atoms with Crippen molar-refractivity contribution < 1.29 is 13.5 Å². The monoisotopic (exact) mass is 163 g/mol. The zero-order valence-corrected chi connectivity index (χ0v) is 6.60. The Morgan fingerprint density at radius 3 is 2.45 bits per heavy atom. The Balaban J connectivity index is 3.66. The molecule has 0 unspecified atom stereocenters. The second kappa shape index (κ2) is 4.24. The van der Waals surface area contributed by atoms with Crippen LogP contribution in [0.15, 0.2) is 0 Å². The Bertz CT molecular complexity index is 151. The molecule has 0 fully saturated rings. The van der Waals surface area contributed by atoms with Crippen LogP contribution in [0.25, 0.3) is 0 Å². The van der Waals surface area contributed by atoms with Gasteiger partial charge in [0, 0.05) is 5.92 Å². The molecule has 0 spiro atoms. The zero-order chi connectivity index (χ0) is 8.91. The topological polar surface area (TPSA) is 33.0 Å². The third kappa shape index (κ3) is 3.89. The molecule has 0 aliphatic rings. The van der Waals surface area contributed by atoms with Gasteiger partial charge in [0.15, 0.2) is 0 Å². The van der Waals surface area contributed by atoms with Crippen molar-refractivity contribution in [3.63, 3.8) is 0 Å². The Morgan fingerprint density at radius 2 is 2.09 bits per heavy atom. The first-order valence-corrected chi connectivity index (χ1v) is 3.33. The van der Waals surface area contributed by atoms with E-state index in [0.29, 0.717) is 0 Å². The van der Waals surface area contributed by atoms with E-state index in [1.54, 1.807) is 6.07 Å². The molecule has 11 heavy (non-hydrogen) atoms. The highest BCUT2D eigenvalue weighted by Gasteiger charge is 2.33. The molecule has 0 saturated heterocycles. The fourth-order valence-corrected chi connectivity index (χ4v) is 0.399. The number of ether oxygens (including phenoxy) is 1. The van der Waals surface area contributed by atoms with Crippen LogP contribution in [-0.4, -0.2) is 19.1 Å². The van der Waals surface area contributed by atoms with E-state index >= 15 is 0 Å². The van der Waals surface area contributed by atoms with E-state index < -0.39 is 18.4 Å². The van der Waals surface area contributed by atoms with Crippen molar-refractivity contribution in [2.75, 3.05) is 13.2 Å². The predicted octanol–water partition coefficient (Wildman–Crippen LogP) is 1.82. The summed E-state index contributed by atoms with van der Waals surface area (Å²) < 4.78 is 29.7. The molecule has 0 bridgehead atoms. The van der Waals surface area contributed by atoms with E-state index in [-0.39, 0.29) is 6.61 Å². The van der Waals surface area contributed by atoms with Crippen LogP contribution in [0.3, 0.4) is 0 Å². The van der Waals surface area contributed by atoms with Crippen molar-refractivity contribution in [3.05, 3.63) is 0 Å².